The Morgan fingerprint density at radius 3 is 2.15 bits per heavy atom. The zero-order valence-electron chi connectivity index (χ0n) is 18.5. The van der Waals surface area contributed by atoms with Crippen molar-refractivity contribution in [1.82, 2.24) is 9.97 Å². The number of nitrogens with zero attached hydrogens (tertiary/aromatic N) is 3. The summed E-state index contributed by atoms with van der Waals surface area (Å²) in [6, 6.07) is 12.8. The minimum Gasteiger partial charge on any atom is -0.497 e. The molecule has 168 valence electrons. The van der Waals surface area contributed by atoms with Gasteiger partial charge in [0.2, 0.25) is 0 Å². The Morgan fingerprint density at radius 1 is 0.939 bits per heavy atom. The molecule has 2 aromatic carbocycles. The van der Waals surface area contributed by atoms with Crippen molar-refractivity contribution in [1.29, 1.82) is 5.26 Å². The van der Waals surface area contributed by atoms with Crippen LogP contribution in [0.2, 0.25) is 0 Å². The average molecular weight is 462 g/mol. The zero-order valence-corrected chi connectivity index (χ0v) is 19.3. The van der Waals surface area contributed by atoms with Gasteiger partial charge in [0.1, 0.15) is 5.75 Å². The molecular formula is C24H23N5O3S. The second kappa shape index (κ2) is 10.9. The summed E-state index contributed by atoms with van der Waals surface area (Å²) >= 11 is 1.33. The summed E-state index contributed by atoms with van der Waals surface area (Å²) in [6.45, 7) is 7.64. The van der Waals surface area contributed by atoms with E-state index in [4.69, 9.17) is 19.5 Å². The SMILES string of the molecule is C=Cc1nc(NSc2ccc(C#N)cc2)c(Nc2cc(OC)cc(OC)c2OC)nc1C=C. The number of nitrogens with one attached hydrogen (secondary N) is 2. The first-order chi connectivity index (χ1) is 16.1. The molecule has 1 aromatic heterocycles. The number of anilines is 3. The molecule has 0 fully saturated rings. The maximum Gasteiger partial charge on any atom is 0.184 e. The molecule has 0 aliphatic carbocycles. The normalized spacial score (nSPS) is 10.0. The van der Waals surface area contributed by atoms with E-state index in [0.29, 0.717) is 51.5 Å². The van der Waals surface area contributed by atoms with Gasteiger partial charge in [-0.3, -0.25) is 0 Å². The summed E-state index contributed by atoms with van der Waals surface area (Å²) in [5.41, 5.74) is 2.31. The fraction of sp³-hybridized carbons (Fsp3) is 0.125. The molecule has 0 bridgehead atoms. The van der Waals surface area contributed by atoms with Gasteiger partial charge in [0.25, 0.3) is 0 Å². The highest BCUT2D eigenvalue weighted by atomic mass is 32.2. The van der Waals surface area contributed by atoms with Crippen molar-refractivity contribution in [3.05, 3.63) is 66.5 Å². The molecule has 3 aromatic rings. The fourth-order valence-corrected chi connectivity index (χ4v) is 3.53. The highest BCUT2D eigenvalue weighted by Gasteiger charge is 2.17. The maximum atomic E-state index is 8.99. The number of methoxy groups -OCH3 is 3. The number of hydrogen-bond donors (Lipinski definition) is 2. The molecule has 1 heterocycles. The van der Waals surface area contributed by atoms with Gasteiger partial charge >= 0.3 is 0 Å². The van der Waals surface area contributed by atoms with Crippen LogP contribution in [0.4, 0.5) is 17.3 Å². The molecule has 0 saturated carbocycles. The summed E-state index contributed by atoms with van der Waals surface area (Å²) in [5.74, 6) is 2.47. The summed E-state index contributed by atoms with van der Waals surface area (Å²) in [4.78, 5) is 10.2. The molecule has 8 nitrogen and oxygen atoms in total. The first-order valence-corrected chi connectivity index (χ1v) is 10.5. The summed E-state index contributed by atoms with van der Waals surface area (Å²) in [7, 11) is 4.68. The molecule has 0 atom stereocenters. The Hall–Kier alpha value is -4.16. The molecule has 0 aliphatic rings. The predicted molar refractivity (Wildman–Crippen MR) is 132 cm³/mol. The Balaban J connectivity index is 2.02. The van der Waals surface area contributed by atoms with Gasteiger partial charge in [-0.05, 0) is 48.4 Å². The van der Waals surface area contributed by atoms with E-state index in [0.717, 1.165) is 4.90 Å². The van der Waals surface area contributed by atoms with Gasteiger partial charge in [0.15, 0.2) is 23.1 Å². The van der Waals surface area contributed by atoms with Crippen LogP contribution >= 0.6 is 11.9 Å². The molecule has 0 aliphatic heterocycles. The Bertz CT molecular complexity index is 1210. The number of benzene rings is 2. The van der Waals surface area contributed by atoms with Crippen LogP contribution in [0.5, 0.6) is 17.2 Å². The fourth-order valence-electron chi connectivity index (χ4n) is 2.90. The number of ether oxygens (including phenoxy) is 3. The van der Waals surface area contributed by atoms with Gasteiger partial charge in [0.05, 0.1) is 50.0 Å². The third kappa shape index (κ3) is 5.37. The van der Waals surface area contributed by atoms with Crippen LogP contribution in [0.15, 0.2) is 54.5 Å². The van der Waals surface area contributed by atoms with Crippen molar-refractivity contribution in [3.8, 4) is 23.3 Å². The van der Waals surface area contributed by atoms with E-state index >= 15 is 0 Å². The Kier molecular flexibility index (Phi) is 7.78. The molecule has 9 heteroatoms. The van der Waals surface area contributed by atoms with E-state index in [1.165, 1.54) is 11.9 Å². The third-order valence-electron chi connectivity index (χ3n) is 4.53. The van der Waals surface area contributed by atoms with E-state index in [2.05, 4.69) is 39.2 Å². The number of nitriles is 1. The van der Waals surface area contributed by atoms with E-state index in [1.807, 2.05) is 12.1 Å². The van der Waals surface area contributed by atoms with Crippen LogP contribution < -0.4 is 24.2 Å². The third-order valence-corrected chi connectivity index (χ3v) is 5.33. The van der Waals surface area contributed by atoms with E-state index in [1.54, 1.807) is 57.7 Å². The lowest BCUT2D eigenvalue weighted by Gasteiger charge is -2.18. The second-order valence-corrected chi connectivity index (χ2v) is 7.35. The number of rotatable bonds is 10. The standard InChI is InChI=1S/C24H23N5O3S/c1-6-18-19(7-2)27-24(29-33-17-10-8-15(14-25)9-11-17)23(26-18)28-20-12-16(30-3)13-21(31-4)22(20)32-5/h6-13H,1-2H2,3-5H3,(H,26,28)(H,27,29). The summed E-state index contributed by atoms with van der Waals surface area (Å²) in [6.07, 6.45) is 3.22. The minimum absolute atomic E-state index is 0.435. The molecular weight excluding hydrogens is 438 g/mol. The van der Waals surface area contributed by atoms with E-state index in [9.17, 15) is 0 Å². The van der Waals surface area contributed by atoms with Gasteiger partial charge in [-0.15, -0.1) is 0 Å². The van der Waals surface area contributed by atoms with Crippen LogP contribution in [0.25, 0.3) is 12.2 Å². The van der Waals surface area contributed by atoms with Gasteiger partial charge in [-0.1, -0.05) is 13.2 Å². The Morgan fingerprint density at radius 2 is 1.61 bits per heavy atom. The van der Waals surface area contributed by atoms with E-state index < -0.39 is 0 Å². The first-order valence-electron chi connectivity index (χ1n) is 9.73. The predicted octanol–water partition coefficient (Wildman–Crippen LogP) is 5.52. The quantitative estimate of drug-likeness (QED) is 0.378. The van der Waals surface area contributed by atoms with Crippen molar-refractivity contribution >= 4 is 41.4 Å². The molecule has 3 rings (SSSR count). The first kappa shape index (κ1) is 23.5. The highest BCUT2D eigenvalue weighted by molar-refractivity contribution is 8.00. The van der Waals surface area contributed by atoms with Crippen LogP contribution in [-0.2, 0) is 0 Å². The molecule has 0 saturated heterocycles. The molecule has 2 N–H and O–H groups in total. The number of hydrogen-bond acceptors (Lipinski definition) is 9. The molecule has 0 spiro atoms. The van der Waals surface area contributed by atoms with Crippen LogP contribution in [-0.4, -0.2) is 31.3 Å². The topological polar surface area (TPSA) is 101 Å². The smallest absolute Gasteiger partial charge is 0.184 e. The lowest BCUT2D eigenvalue weighted by molar-refractivity contribution is 0.350. The summed E-state index contributed by atoms with van der Waals surface area (Å²) in [5, 5.41) is 12.3. The minimum atomic E-state index is 0.435. The van der Waals surface area contributed by atoms with Crippen molar-refractivity contribution in [2.75, 3.05) is 31.4 Å². The van der Waals surface area contributed by atoms with Gasteiger partial charge in [-0.2, -0.15) is 5.26 Å². The highest BCUT2D eigenvalue weighted by Crippen LogP contribution is 2.41. The van der Waals surface area contributed by atoms with Gasteiger partial charge in [-0.25, -0.2) is 9.97 Å². The molecule has 33 heavy (non-hydrogen) atoms. The van der Waals surface area contributed by atoms with Crippen molar-refractivity contribution in [2.45, 2.75) is 4.90 Å². The summed E-state index contributed by atoms with van der Waals surface area (Å²) < 4.78 is 19.6. The van der Waals surface area contributed by atoms with Gasteiger partial charge in [0, 0.05) is 17.0 Å². The zero-order chi connectivity index (χ0) is 23.8. The van der Waals surface area contributed by atoms with Crippen LogP contribution in [0.1, 0.15) is 17.0 Å². The monoisotopic (exact) mass is 461 g/mol. The number of aromatic nitrogens is 2. The van der Waals surface area contributed by atoms with Crippen molar-refractivity contribution < 1.29 is 14.2 Å². The average Bonchev–Trinajstić information content (AvgIpc) is 2.87. The van der Waals surface area contributed by atoms with E-state index in [-0.39, 0.29) is 0 Å². The lowest BCUT2D eigenvalue weighted by Crippen LogP contribution is -2.06. The van der Waals surface area contributed by atoms with Crippen molar-refractivity contribution in [2.24, 2.45) is 0 Å². The molecule has 0 radical (unpaired) electrons. The second-order valence-electron chi connectivity index (χ2n) is 6.48. The lowest BCUT2D eigenvalue weighted by atomic mass is 10.2. The van der Waals surface area contributed by atoms with Crippen molar-refractivity contribution in [3.63, 3.8) is 0 Å². The largest absolute Gasteiger partial charge is 0.497 e. The Labute approximate surface area is 197 Å². The molecule has 0 unspecified atom stereocenters. The van der Waals surface area contributed by atoms with Crippen LogP contribution in [0.3, 0.4) is 0 Å². The van der Waals surface area contributed by atoms with Gasteiger partial charge < -0.3 is 24.2 Å². The van der Waals surface area contributed by atoms with Crippen LogP contribution in [0, 0.1) is 11.3 Å². The molecule has 0 amide bonds. The maximum absolute atomic E-state index is 8.99.